The molecule has 0 N–H and O–H groups in total. The van der Waals surface area contributed by atoms with Crippen molar-refractivity contribution in [1.29, 1.82) is 0 Å². The highest BCUT2D eigenvalue weighted by atomic mass is 79.9. The molecule has 1 unspecified atom stereocenters. The molecule has 0 saturated heterocycles. The van der Waals surface area contributed by atoms with Crippen molar-refractivity contribution in [3.8, 4) is 0 Å². The second-order valence-electron chi connectivity index (χ2n) is 3.48. The van der Waals surface area contributed by atoms with Crippen molar-refractivity contribution in [2.45, 2.75) is 25.1 Å². The highest BCUT2D eigenvalue weighted by molar-refractivity contribution is 9.09. The van der Waals surface area contributed by atoms with Gasteiger partial charge in [-0.15, -0.1) is 5.10 Å². The quantitative estimate of drug-likeness (QED) is 0.798. The monoisotopic (exact) mass is 291 g/mol. The summed E-state index contributed by atoms with van der Waals surface area (Å²) in [5.41, 5.74) is 0.712. The van der Waals surface area contributed by atoms with E-state index in [1.165, 1.54) is 0 Å². The Labute approximate surface area is 102 Å². The van der Waals surface area contributed by atoms with Crippen molar-refractivity contribution >= 4 is 33.4 Å². The van der Waals surface area contributed by atoms with E-state index in [0.717, 1.165) is 24.5 Å². The molecule has 0 aliphatic heterocycles. The lowest BCUT2D eigenvalue weighted by atomic mass is 10.3. The molecule has 0 aliphatic carbocycles. The molecule has 0 aliphatic rings. The van der Waals surface area contributed by atoms with Crippen molar-refractivity contribution in [2.75, 3.05) is 13.6 Å². The van der Waals surface area contributed by atoms with Crippen molar-refractivity contribution in [2.24, 2.45) is 0 Å². The number of rotatable bonds is 4. The van der Waals surface area contributed by atoms with Gasteiger partial charge in [0.2, 0.25) is 0 Å². The summed E-state index contributed by atoms with van der Waals surface area (Å²) in [5.74, 6) is 0.00986. The Bertz CT molecular complexity index is 340. The second-order valence-corrected chi connectivity index (χ2v) is 5.80. The van der Waals surface area contributed by atoms with Crippen LogP contribution in [-0.4, -0.2) is 38.8 Å². The van der Waals surface area contributed by atoms with Gasteiger partial charge in [-0.3, -0.25) is 4.79 Å². The molecule has 0 aromatic carbocycles. The molecule has 0 saturated carbocycles. The maximum absolute atomic E-state index is 11.9. The third-order valence-corrected chi connectivity index (χ3v) is 3.33. The first-order valence-electron chi connectivity index (χ1n) is 4.71. The van der Waals surface area contributed by atoms with Gasteiger partial charge in [-0.05, 0) is 24.9 Å². The van der Waals surface area contributed by atoms with Crippen LogP contribution in [0.3, 0.4) is 0 Å². The van der Waals surface area contributed by atoms with Gasteiger partial charge in [0.05, 0.1) is 5.69 Å². The van der Waals surface area contributed by atoms with Crippen molar-refractivity contribution < 1.29 is 4.79 Å². The van der Waals surface area contributed by atoms with E-state index in [2.05, 4.69) is 32.4 Å². The number of aryl methyl sites for hydroxylation is 1. The SMILES string of the molecule is Cc1nnsc1C(=O)N(C)CCC(C)Br. The highest BCUT2D eigenvalue weighted by Crippen LogP contribution is 2.13. The fourth-order valence-corrected chi connectivity index (χ4v) is 1.93. The number of hydrogen-bond acceptors (Lipinski definition) is 4. The molecular formula is C9H14BrN3OS. The van der Waals surface area contributed by atoms with Crippen LogP contribution in [0.25, 0.3) is 0 Å². The van der Waals surface area contributed by atoms with Gasteiger partial charge in [0.1, 0.15) is 4.88 Å². The minimum Gasteiger partial charge on any atom is -0.341 e. The summed E-state index contributed by atoms with van der Waals surface area (Å²) in [7, 11) is 1.80. The zero-order valence-electron chi connectivity index (χ0n) is 9.03. The third-order valence-electron chi connectivity index (χ3n) is 2.05. The number of hydrogen-bond donors (Lipinski definition) is 0. The predicted octanol–water partition coefficient (Wildman–Crippen LogP) is 2.09. The minimum absolute atomic E-state index is 0.00986. The fourth-order valence-electron chi connectivity index (χ4n) is 1.07. The highest BCUT2D eigenvalue weighted by Gasteiger charge is 2.17. The average Bonchev–Trinajstić information content (AvgIpc) is 2.59. The molecule has 0 fully saturated rings. The van der Waals surface area contributed by atoms with Crippen LogP contribution in [0.1, 0.15) is 28.7 Å². The molecule has 1 rings (SSSR count). The van der Waals surface area contributed by atoms with Crippen molar-refractivity contribution in [3.05, 3.63) is 10.6 Å². The van der Waals surface area contributed by atoms with Crippen LogP contribution >= 0.6 is 27.5 Å². The molecule has 0 spiro atoms. The van der Waals surface area contributed by atoms with Gasteiger partial charge in [-0.25, -0.2) is 0 Å². The number of carbonyl (C=O) groups excluding carboxylic acids is 1. The van der Waals surface area contributed by atoms with E-state index in [1.807, 2.05) is 0 Å². The topological polar surface area (TPSA) is 46.1 Å². The Morgan fingerprint density at radius 3 is 2.80 bits per heavy atom. The molecule has 1 atom stereocenters. The zero-order valence-corrected chi connectivity index (χ0v) is 11.4. The molecule has 0 radical (unpaired) electrons. The van der Waals surface area contributed by atoms with Crippen LogP contribution in [-0.2, 0) is 0 Å². The summed E-state index contributed by atoms with van der Waals surface area (Å²) in [5, 5.41) is 3.83. The first-order valence-corrected chi connectivity index (χ1v) is 6.39. The van der Waals surface area contributed by atoms with Crippen LogP contribution < -0.4 is 0 Å². The first-order chi connectivity index (χ1) is 7.02. The number of amides is 1. The maximum Gasteiger partial charge on any atom is 0.267 e. The summed E-state index contributed by atoms with van der Waals surface area (Å²) in [6.07, 6.45) is 0.938. The van der Waals surface area contributed by atoms with Crippen LogP contribution in [0.2, 0.25) is 0 Å². The van der Waals surface area contributed by atoms with Gasteiger partial charge in [0.15, 0.2) is 0 Å². The average molecular weight is 292 g/mol. The Kier molecular flexibility index (Phi) is 4.66. The maximum atomic E-state index is 11.9. The van der Waals surface area contributed by atoms with Gasteiger partial charge < -0.3 is 4.90 Å². The van der Waals surface area contributed by atoms with Crippen LogP contribution in [0.5, 0.6) is 0 Å². The normalized spacial score (nSPS) is 12.5. The smallest absolute Gasteiger partial charge is 0.267 e. The Balaban J connectivity index is 2.57. The number of nitrogens with zero attached hydrogens (tertiary/aromatic N) is 3. The summed E-state index contributed by atoms with van der Waals surface area (Å²) < 4.78 is 3.76. The molecular weight excluding hydrogens is 278 g/mol. The summed E-state index contributed by atoms with van der Waals surface area (Å²) in [6, 6.07) is 0. The number of halogens is 1. The van der Waals surface area contributed by atoms with E-state index in [0.29, 0.717) is 15.4 Å². The van der Waals surface area contributed by atoms with Crippen LogP contribution in [0.15, 0.2) is 0 Å². The second kappa shape index (κ2) is 5.55. The van der Waals surface area contributed by atoms with Gasteiger partial charge in [0, 0.05) is 18.4 Å². The molecule has 1 aromatic heterocycles. The summed E-state index contributed by atoms with van der Waals surface area (Å²) in [4.78, 5) is 14.7. The first kappa shape index (κ1) is 12.6. The minimum atomic E-state index is 0.00986. The molecule has 15 heavy (non-hydrogen) atoms. The molecule has 84 valence electrons. The molecule has 0 bridgehead atoms. The van der Waals surface area contributed by atoms with Crippen LogP contribution in [0.4, 0.5) is 0 Å². The Morgan fingerprint density at radius 2 is 2.33 bits per heavy atom. The Hall–Kier alpha value is -0.490. The molecule has 1 heterocycles. The van der Waals surface area contributed by atoms with Gasteiger partial charge in [0.25, 0.3) is 5.91 Å². The van der Waals surface area contributed by atoms with E-state index in [-0.39, 0.29) is 5.91 Å². The predicted molar refractivity (Wildman–Crippen MR) is 64.6 cm³/mol. The molecule has 1 amide bonds. The zero-order chi connectivity index (χ0) is 11.4. The van der Waals surface area contributed by atoms with E-state index in [9.17, 15) is 4.79 Å². The van der Waals surface area contributed by atoms with E-state index >= 15 is 0 Å². The largest absolute Gasteiger partial charge is 0.341 e. The molecule has 1 aromatic rings. The third kappa shape index (κ3) is 3.53. The van der Waals surface area contributed by atoms with Gasteiger partial charge >= 0.3 is 0 Å². The number of aromatic nitrogens is 2. The summed E-state index contributed by atoms with van der Waals surface area (Å²) in [6.45, 7) is 4.61. The fraction of sp³-hybridized carbons (Fsp3) is 0.667. The number of alkyl halides is 1. The molecule has 6 heteroatoms. The van der Waals surface area contributed by atoms with E-state index < -0.39 is 0 Å². The van der Waals surface area contributed by atoms with E-state index in [1.54, 1.807) is 18.9 Å². The van der Waals surface area contributed by atoms with Crippen LogP contribution in [0, 0.1) is 6.92 Å². The lowest BCUT2D eigenvalue weighted by Crippen LogP contribution is -2.28. The lowest BCUT2D eigenvalue weighted by molar-refractivity contribution is 0.0798. The van der Waals surface area contributed by atoms with Crippen molar-refractivity contribution in [1.82, 2.24) is 14.5 Å². The Morgan fingerprint density at radius 1 is 1.67 bits per heavy atom. The standard InChI is InChI=1S/C9H14BrN3OS/c1-6(10)4-5-13(3)9(14)8-7(2)11-12-15-8/h6H,4-5H2,1-3H3. The summed E-state index contributed by atoms with van der Waals surface area (Å²) >= 11 is 4.61. The number of carbonyl (C=O) groups is 1. The lowest BCUT2D eigenvalue weighted by Gasteiger charge is -2.16. The van der Waals surface area contributed by atoms with Crippen molar-refractivity contribution in [3.63, 3.8) is 0 Å². The van der Waals surface area contributed by atoms with Gasteiger partial charge in [-0.1, -0.05) is 27.3 Å². The molecule has 4 nitrogen and oxygen atoms in total. The van der Waals surface area contributed by atoms with E-state index in [4.69, 9.17) is 0 Å². The van der Waals surface area contributed by atoms with Gasteiger partial charge in [-0.2, -0.15) is 0 Å².